The quantitative estimate of drug-likeness (QED) is 0.722. The number of hydrogen-bond acceptors (Lipinski definition) is 4. The Morgan fingerprint density at radius 1 is 1.12 bits per heavy atom. The number of nitrogens with zero attached hydrogens (tertiary/aromatic N) is 1. The Hall–Kier alpha value is -3.02. The lowest BCUT2D eigenvalue weighted by Crippen LogP contribution is -2.14. The normalized spacial score (nSPS) is 10.7. The summed E-state index contributed by atoms with van der Waals surface area (Å²) >= 11 is 0. The summed E-state index contributed by atoms with van der Waals surface area (Å²) in [6, 6.07) is 11.1. The standard InChI is InChI=1S/C19H21N3O3/c1-4-18-21-14-7-5-12(9-15(14)22-18)10-19(23)20-13-6-8-16(24-2)17(11-13)25-3/h5-9,11H,4,10H2,1-3H3,(H,20,23)(H,21,22). The molecule has 0 bridgehead atoms. The van der Waals surface area contributed by atoms with Gasteiger partial charge in [0.25, 0.3) is 0 Å². The second-order valence-electron chi connectivity index (χ2n) is 5.68. The molecule has 0 aliphatic carbocycles. The van der Waals surface area contributed by atoms with Crippen molar-refractivity contribution >= 4 is 22.6 Å². The molecule has 3 rings (SSSR count). The third-order valence-corrected chi connectivity index (χ3v) is 3.96. The first-order valence-electron chi connectivity index (χ1n) is 8.12. The number of ether oxygens (including phenoxy) is 2. The summed E-state index contributed by atoms with van der Waals surface area (Å²) in [6.45, 7) is 2.05. The molecule has 3 aromatic rings. The maximum atomic E-state index is 12.3. The average Bonchev–Trinajstić information content (AvgIpc) is 3.04. The maximum Gasteiger partial charge on any atom is 0.228 e. The molecule has 1 amide bonds. The first kappa shape index (κ1) is 16.8. The first-order chi connectivity index (χ1) is 12.1. The first-order valence-corrected chi connectivity index (χ1v) is 8.12. The summed E-state index contributed by atoms with van der Waals surface area (Å²) in [5, 5.41) is 2.88. The molecule has 1 aromatic heterocycles. The van der Waals surface area contributed by atoms with Gasteiger partial charge in [0.1, 0.15) is 5.82 Å². The van der Waals surface area contributed by atoms with Gasteiger partial charge in [-0.3, -0.25) is 4.79 Å². The number of H-pyrrole nitrogens is 1. The predicted molar refractivity (Wildman–Crippen MR) is 97.4 cm³/mol. The lowest BCUT2D eigenvalue weighted by Gasteiger charge is -2.10. The second-order valence-corrected chi connectivity index (χ2v) is 5.68. The molecule has 0 fully saturated rings. The largest absolute Gasteiger partial charge is 0.493 e. The number of hydrogen-bond donors (Lipinski definition) is 2. The summed E-state index contributed by atoms with van der Waals surface area (Å²) in [7, 11) is 3.14. The van der Waals surface area contributed by atoms with Gasteiger partial charge in [0.05, 0.1) is 31.7 Å². The molecule has 1 heterocycles. The van der Waals surface area contributed by atoms with Crippen LogP contribution in [0.15, 0.2) is 36.4 Å². The van der Waals surface area contributed by atoms with Crippen molar-refractivity contribution in [3.05, 3.63) is 47.8 Å². The van der Waals surface area contributed by atoms with E-state index in [0.717, 1.165) is 28.8 Å². The van der Waals surface area contributed by atoms with Gasteiger partial charge in [0.15, 0.2) is 11.5 Å². The highest BCUT2D eigenvalue weighted by atomic mass is 16.5. The van der Waals surface area contributed by atoms with Crippen LogP contribution in [0.1, 0.15) is 18.3 Å². The molecule has 0 saturated carbocycles. The van der Waals surface area contributed by atoms with Crippen LogP contribution in [0, 0.1) is 0 Å². The number of benzene rings is 2. The van der Waals surface area contributed by atoms with E-state index in [1.54, 1.807) is 32.4 Å². The topological polar surface area (TPSA) is 76.2 Å². The number of nitrogens with one attached hydrogen (secondary N) is 2. The fourth-order valence-electron chi connectivity index (χ4n) is 2.69. The molecule has 0 unspecified atom stereocenters. The highest BCUT2D eigenvalue weighted by Crippen LogP contribution is 2.29. The minimum absolute atomic E-state index is 0.0956. The van der Waals surface area contributed by atoms with E-state index in [1.807, 2.05) is 18.2 Å². The van der Waals surface area contributed by atoms with E-state index in [1.165, 1.54) is 0 Å². The summed E-state index contributed by atoms with van der Waals surface area (Å²) in [5.74, 6) is 2.05. The molecule has 6 heteroatoms. The number of carbonyl (C=O) groups excluding carboxylic acids is 1. The van der Waals surface area contributed by atoms with Gasteiger partial charge in [0, 0.05) is 18.2 Å². The molecule has 0 aliphatic heterocycles. The van der Waals surface area contributed by atoms with Crippen LogP contribution in [0.3, 0.4) is 0 Å². The van der Waals surface area contributed by atoms with Crippen LogP contribution in [-0.2, 0) is 17.6 Å². The highest BCUT2D eigenvalue weighted by Gasteiger charge is 2.09. The fraction of sp³-hybridized carbons (Fsp3) is 0.263. The number of aromatic nitrogens is 2. The van der Waals surface area contributed by atoms with Crippen molar-refractivity contribution in [3.8, 4) is 11.5 Å². The number of imidazole rings is 1. The smallest absolute Gasteiger partial charge is 0.228 e. The van der Waals surface area contributed by atoms with Gasteiger partial charge in [-0.1, -0.05) is 13.0 Å². The minimum atomic E-state index is -0.0956. The van der Waals surface area contributed by atoms with E-state index in [2.05, 4.69) is 22.2 Å². The zero-order valence-electron chi connectivity index (χ0n) is 14.6. The Morgan fingerprint density at radius 3 is 2.64 bits per heavy atom. The van der Waals surface area contributed by atoms with Crippen molar-refractivity contribution in [2.24, 2.45) is 0 Å². The summed E-state index contributed by atoms with van der Waals surface area (Å²) in [5.41, 5.74) is 3.46. The summed E-state index contributed by atoms with van der Waals surface area (Å²) in [6.07, 6.45) is 1.13. The third-order valence-electron chi connectivity index (χ3n) is 3.96. The summed E-state index contributed by atoms with van der Waals surface area (Å²) < 4.78 is 10.4. The van der Waals surface area contributed by atoms with Gasteiger partial charge < -0.3 is 19.8 Å². The fourth-order valence-corrected chi connectivity index (χ4v) is 2.69. The molecular weight excluding hydrogens is 318 g/mol. The average molecular weight is 339 g/mol. The van der Waals surface area contributed by atoms with Crippen LogP contribution in [0.4, 0.5) is 5.69 Å². The van der Waals surface area contributed by atoms with Crippen molar-refractivity contribution in [1.29, 1.82) is 0 Å². The van der Waals surface area contributed by atoms with Crippen LogP contribution in [-0.4, -0.2) is 30.1 Å². The molecule has 0 atom stereocenters. The van der Waals surface area contributed by atoms with Gasteiger partial charge in [-0.05, 0) is 29.8 Å². The van der Waals surface area contributed by atoms with Crippen LogP contribution in [0.5, 0.6) is 11.5 Å². The molecule has 6 nitrogen and oxygen atoms in total. The van der Waals surface area contributed by atoms with E-state index in [9.17, 15) is 4.79 Å². The van der Waals surface area contributed by atoms with Gasteiger partial charge in [-0.25, -0.2) is 4.98 Å². The highest BCUT2D eigenvalue weighted by molar-refractivity contribution is 5.93. The zero-order chi connectivity index (χ0) is 17.8. The number of amides is 1. The van der Waals surface area contributed by atoms with Crippen LogP contribution in [0.2, 0.25) is 0 Å². The number of carbonyl (C=O) groups is 1. The van der Waals surface area contributed by atoms with E-state index in [0.29, 0.717) is 17.2 Å². The number of aromatic amines is 1. The molecule has 2 N–H and O–H groups in total. The van der Waals surface area contributed by atoms with E-state index in [-0.39, 0.29) is 12.3 Å². The molecule has 0 aliphatic rings. The van der Waals surface area contributed by atoms with Crippen molar-refractivity contribution in [1.82, 2.24) is 9.97 Å². The van der Waals surface area contributed by atoms with Crippen LogP contribution >= 0.6 is 0 Å². The van der Waals surface area contributed by atoms with Crippen molar-refractivity contribution in [3.63, 3.8) is 0 Å². The second kappa shape index (κ2) is 7.25. The van der Waals surface area contributed by atoms with E-state index < -0.39 is 0 Å². The number of methoxy groups -OCH3 is 2. The molecular formula is C19H21N3O3. The molecule has 0 saturated heterocycles. The Labute approximate surface area is 146 Å². The Morgan fingerprint density at radius 2 is 1.92 bits per heavy atom. The van der Waals surface area contributed by atoms with Crippen molar-refractivity contribution < 1.29 is 14.3 Å². The molecule has 130 valence electrons. The Bertz CT molecular complexity index is 902. The van der Waals surface area contributed by atoms with E-state index in [4.69, 9.17) is 9.47 Å². The molecule has 2 aromatic carbocycles. The van der Waals surface area contributed by atoms with E-state index >= 15 is 0 Å². The van der Waals surface area contributed by atoms with Gasteiger partial charge in [-0.2, -0.15) is 0 Å². The SMILES string of the molecule is CCc1nc2ccc(CC(=O)Nc3ccc(OC)c(OC)c3)cc2[nH]1. The number of aryl methyl sites for hydroxylation is 1. The minimum Gasteiger partial charge on any atom is -0.493 e. The zero-order valence-corrected chi connectivity index (χ0v) is 14.6. The number of rotatable bonds is 6. The van der Waals surface area contributed by atoms with Crippen LogP contribution in [0.25, 0.3) is 11.0 Å². The molecule has 0 radical (unpaired) electrons. The Balaban J connectivity index is 1.72. The number of anilines is 1. The maximum absolute atomic E-state index is 12.3. The van der Waals surface area contributed by atoms with Crippen molar-refractivity contribution in [2.45, 2.75) is 19.8 Å². The monoisotopic (exact) mass is 339 g/mol. The van der Waals surface area contributed by atoms with Crippen LogP contribution < -0.4 is 14.8 Å². The molecule has 25 heavy (non-hydrogen) atoms. The third kappa shape index (κ3) is 3.74. The predicted octanol–water partition coefficient (Wildman–Crippen LogP) is 3.32. The van der Waals surface area contributed by atoms with Gasteiger partial charge in [0.2, 0.25) is 5.91 Å². The lowest BCUT2D eigenvalue weighted by molar-refractivity contribution is -0.115. The number of fused-ring (bicyclic) bond motifs is 1. The summed E-state index contributed by atoms with van der Waals surface area (Å²) in [4.78, 5) is 20.1. The van der Waals surface area contributed by atoms with Crippen molar-refractivity contribution in [2.75, 3.05) is 19.5 Å². The Kier molecular flexibility index (Phi) is 4.88. The van der Waals surface area contributed by atoms with Gasteiger partial charge >= 0.3 is 0 Å². The van der Waals surface area contributed by atoms with Gasteiger partial charge in [-0.15, -0.1) is 0 Å². The molecule has 0 spiro atoms. The lowest BCUT2D eigenvalue weighted by atomic mass is 10.1.